The minimum absolute atomic E-state index is 0.433. The standard InChI is InChI=1S/C16H16N2O/c1-18(12-11-17)13-14-7-9-16(10-8-14)19-15-5-3-2-4-6-15/h2-10H,12-13H2,1H3. The van der Waals surface area contributed by atoms with Gasteiger partial charge in [0.15, 0.2) is 0 Å². The number of hydrogen-bond acceptors (Lipinski definition) is 3. The van der Waals surface area contributed by atoms with Crippen molar-refractivity contribution in [2.24, 2.45) is 0 Å². The zero-order valence-corrected chi connectivity index (χ0v) is 10.9. The van der Waals surface area contributed by atoms with Gasteiger partial charge in [-0.3, -0.25) is 4.90 Å². The molecule has 19 heavy (non-hydrogen) atoms. The first-order valence-corrected chi connectivity index (χ1v) is 6.15. The highest BCUT2D eigenvalue weighted by Gasteiger charge is 2.01. The highest BCUT2D eigenvalue weighted by Crippen LogP contribution is 2.21. The number of rotatable bonds is 5. The molecule has 96 valence electrons. The van der Waals surface area contributed by atoms with Crippen LogP contribution in [0.3, 0.4) is 0 Å². The molecule has 0 radical (unpaired) electrons. The Bertz CT molecular complexity index is 543. The first-order chi connectivity index (χ1) is 9.28. The Balaban J connectivity index is 1.97. The molecular weight excluding hydrogens is 236 g/mol. The van der Waals surface area contributed by atoms with Crippen molar-refractivity contribution in [3.05, 3.63) is 60.2 Å². The number of ether oxygens (including phenoxy) is 1. The smallest absolute Gasteiger partial charge is 0.127 e. The summed E-state index contributed by atoms with van der Waals surface area (Å²) >= 11 is 0. The topological polar surface area (TPSA) is 36.3 Å². The highest BCUT2D eigenvalue weighted by molar-refractivity contribution is 5.32. The molecule has 0 amide bonds. The SMILES string of the molecule is CN(CC#N)Cc1ccc(Oc2ccccc2)cc1. The van der Waals surface area contributed by atoms with Crippen molar-refractivity contribution in [1.82, 2.24) is 4.90 Å². The maximum Gasteiger partial charge on any atom is 0.127 e. The molecule has 0 atom stereocenters. The molecule has 0 unspecified atom stereocenters. The van der Waals surface area contributed by atoms with E-state index in [2.05, 4.69) is 6.07 Å². The molecule has 0 aliphatic heterocycles. The van der Waals surface area contributed by atoms with Gasteiger partial charge in [0, 0.05) is 6.54 Å². The third-order valence-electron chi connectivity index (χ3n) is 2.70. The lowest BCUT2D eigenvalue weighted by atomic mass is 10.2. The van der Waals surface area contributed by atoms with Crippen LogP contribution in [0.2, 0.25) is 0 Å². The Morgan fingerprint density at radius 2 is 1.63 bits per heavy atom. The fourth-order valence-electron chi connectivity index (χ4n) is 1.78. The number of nitriles is 1. The molecule has 2 rings (SSSR count). The van der Waals surface area contributed by atoms with Crippen LogP contribution >= 0.6 is 0 Å². The molecule has 0 saturated carbocycles. The fourth-order valence-corrected chi connectivity index (χ4v) is 1.78. The maximum atomic E-state index is 8.61. The van der Waals surface area contributed by atoms with E-state index < -0.39 is 0 Å². The summed E-state index contributed by atoms with van der Waals surface area (Å²) < 4.78 is 5.72. The first-order valence-electron chi connectivity index (χ1n) is 6.15. The monoisotopic (exact) mass is 252 g/mol. The summed E-state index contributed by atoms with van der Waals surface area (Å²) in [5.41, 5.74) is 1.16. The van der Waals surface area contributed by atoms with Gasteiger partial charge in [-0.05, 0) is 36.9 Å². The fraction of sp³-hybridized carbons (Fsp3) is 0.188. The van der Waals surface area contributed by atoms with E-state index in [0.29, 0.717) is 6.54 Å². The highest BCUT2D eigenvalue weighted by atomic mass is 16.5. The predicted molar refractivity (Wildman–Crippen MR) is 74.9 cm³/mol. The molecule has 0 aliphatic rings. The second-order valence-electron chi connectivity index (χ2n) is 4.39. The summed E-state index contributed by atoms with van der Waals surface area (Å²) in [4.78, 5) is 1.97. The second kappa shape index (κ2) is 6.58. The van der Waals surface area contributed by atoms with Crippen molar-refractivity contribution >= 4 is 0 Å². The Morgan fingerprint density at radius 3 is 2.26 bits per heavy atom. The minimum Gasteiger partial charge on any atom is -0.457 e. The van der Waals surface area contributed by atoms with Gasteiger partial charge in [-0.25, -0.2) is 0 Å². The van der Waals surface area contributed by atoms with E-state index in [9.17, 15) is 0 Å². The van der Waals surface area contributed by atoms with Crippen LogP contribution in [0.4, 0.5) is 0 Å². The zero-order chi connectivity index (χ0) is 13.5. The molecule has 0 fully saturated rings. The molecule has 0 spiro atoms. The van der Waals surface area contributed by atoms with Crippen LogP contribution in [0.1, 0.15) is 5.56 Å². The van der Waals surface area contributed by atoms with E-state index in [1.54, 1.807) is 0 Å². The average Bonchev–Trinajstić information content (AvgIpc) is 2.42. The lowest BCUT2D eigenvalue weighted by molar-refractivity contribution is 0.367. The van der Waals surface area contributed by atoms with Crippen LogP contribution in [0.25, 0.3) is 0 Å². The molecular formula is C16H16N2O. The van der Waals surface area contributed by atoms with Crippen LogP contribution in [0.15, 0.2) is 54.6 Å². The van der Waals surface area contributed by atoms with Gasteiger partial charge in [-0.15, -0.1) is 0 Å². The third-order valence-corrected chi connectivity index (χ3v) is 2.70. The Kier molecular flexibility index (Phi) is 4.54. The van der Waals surface area contributed by atoms with Crippen molar-refractivity contribution < 1.29 is 4.74 Å². The molecule has 0 heterocycles. The molecule has 0 aliphatic carbocycles. The summed E-state index contributed by atoms with van der Waals surface area (Å²) in [5.74, 6) is 1.65. The van der Waals surface area contributed by atoms with Crippen molar-refractivity contribution in [2.75, 3.05) is 13.6 Å². The van der Waals surface area contributed by atoms with Crippen LogP contribution in [-0.2, 0) is 6.54 Å². The summed E-state index contributed by atoms with van der Waals surface area (Å²) in [6, 6.07) is 19.8. The van der Waals surface area contributed by atoms with E-state index in [1.165, 1.54) is 0 Å². The minimum atomic E-state index is 0.433. The Hall–Kier alpha value is -2.31. The van der Waals surface area contributed by atoms with E-state index in [-0.39, 0.29) is 0 Å². The van der Waals surface area contributed by atoms with Crippen LogP contribution < -0.4 is 4.74 Å². The molecule has 0 N–H and O–H groups in total. The van der Waals surface area contributed by atoms with Crippen molar-refractivity contribution in [1.29, 1.82) is 5.26 Å². The lowest BCUT2D eigenvalue weighted by Crippen LogP contribution is -2.17. The Morgan fingerprint density at radius 1 is 1.00 bits per heavy atom. The number of nitrogens with zero attached hydrogens (tertiary/aromatic N) is 2. The largest absolute Gasteiger partial charge is 0.457 e. The molecule has 2 aromatic rings. The number of para-hydroxylation sites is 1. The lowest BCUT2D eigenvalue weighted by Gasteiger charge is -2.12. The normalized spacial score (nSPS) is 10.2. The predicted octanol–water partition coefficient (Wildman–Crippen LogP) is 3.43. The van der Waals surface area contributed by atoms with Crippen molar-refractivity contribution in [2.45, 2.75) is 6.54 Å². The third kappa shape index (κ3) is 4.13. The van der Waals surface area contributed by atoms with Gasteiger partial charge in [0.1, 0.15) is 11.5 Å². The van der Waals surface area contributed by atoms with E-state index in [4.69, 9.17) is 10.00 Å². The van der Waals surface area contributed by atoms with Crippen molar-refractivity contribution in [3.63, 3.8) is 0 Å². The maximum absolute atomic E-state index is 8.61. The van der Waals surface area contributed by atoms with Gasteiger partial charge in [0.2, 0.25) is 0 Å². The summed E-state index contributed by atoms with van der Waals surface area (Å²) in [6.07, 6.45) is 0. The van der Waals surface area contributed by atoms with E-state index >= 15 is 0 Å². The van der Waals surface area contributed by atoms with E-state index in [1.807, 2.05) is 66.5 Å². The second-order valence-corrected chi connectivity index (χ2v) is 4.39. The molecule has 0 bridgehead atoms. The molecule has 0 saturated heterocycles. The Labute approximate surface area is 113 Å². The quantitative estimate of drug-likeness (QED) is 0.765. The van der Waals surface area contributed by atoms with Gasteiger partial charge in [-0.1, -0.05) is 30.3 Å². The first kappa shape index (κ1) is 13.1. The van der Waals surface area contributed by atoms with Gasteiger partial charge in [0.05, 0.1) is 12.6 Å². The molecule has 3 nitrogen and oxygen atoms in total. The molecule has 2 aromatic carbocycles. The van der Waals surface area contributed by atoms with E-state index in [0.717, 1.165) is 23.6 Å². The summed E-state index contributed by atoms with van der Waals surface area (Å²) in [6.45, 7) is 1.20. The van der Waals surface area contributed by atoms with Gasteiger partial charge >= 0.3 is 0 Å². The van der Waals surface area contributed by atoms with Gasteiger partial charge < -0.3 is 4.74 Å². The van der Waals surface area contributed by atoms with Gasteiger partial charge in [0.25, 0.3) is 0 Å². The van der Waals surface area contributed by atoms with Crippen LogP contribution in [-0.4, -0.2) is 18.5 Å². The van der Waals surface area contributed by atoms with Gasteiger partial charge in [-0.2, -0.15) is 5.26 Å². The zero-order valence-electron chi connectivity index (χ0n) is 10.9. The number of hydrogen-bond donors (Lipinski definition) is 0. The number of benzene rings is 2. The van der Waals surface area contributed by atoms with Crippen LogP contribution in [0.5, 0.6) is 11.5 Å². The average molecular weight is 252 g/mol. The molecule has 3 heteroatoms. The summed E-state index contributed by atoms with van der Waals surface area (Å²) in [7, 11) is 1.93. The van der Waals surface area contributed by atoms with Crippen LogP contribution in [0, 0.1) is 11.3 Å². The summed E-state index contributed by atoms with van der Waals surface area (Å²) in [5, 5.41) is 8.61. The molecule has 0 aromatic heterocycles. The van der Waals surface area contributed by atoms with Crippen molar-refractivity contribution in [3.8, 4) is 17.6 Å².